The summed E-state index contributed by atoms with van der Waals surface area (Å²) in [4.78, 5) is 15.0. The number of rotatable bonds is 8. The lowest BCUT2D eigenvalue weighted by Crippen LogP contribution is -2.30. The van der Waals surface area contributed by atoms with Crippen LogP contribution in [0.15, 0.2) is 81.9 Å². The number of carbonyl (C=O) groups is 1. The quantitative estimate of drug-likeness (QED) is 0.387. The Morgan fingerprint density at radius 1 is 1.00 bits per heavy atom. The molecule has 4 aromatic rings. The van der Waals surface area contributed by atoms with E-state index in [2.05, 4.69) is 24.2 Å². The van der Waals surface area contributed by atoms with Crippen LogP contribution in [0.2, 0.25) is 0 Å². The first-order valence-corrected chi connectivity index (χ1v) is 10.2. The smallest absolute Gasteiger partial charge is 0.276 e. The lowest BCUT2D eigenvalue weighted by Gasteiger charge is -2.21. The largest absolute Gasteiger partial charge is 0.497 e. The molecule has 0 unspecified atom stereocenters. The van der Waals surface area contributed by atoms with Gasteiger partial charge in [-0.05, 0) is 53.9 Å². The van der Waals surface area contributed by atoms with Crippen LogP contribution in [0.5, 0.6) is 5.75 Å². The van der Waals surface area contributed by atoms with Gasteiger partial charge in [-0.2, -0.15) is 0 Å². The van der Waals surface area contributed by atoms with Gasteiger partial charge in [-0.25, -0.2) is 0 Å². The molecule has 0 atom stereocenters. The second-order valence-corrected chi connectivity index (χ2v) is 7.22. The van der Waals surface area contributed by atoms with Crippen molar-refractivity contribution in [3.63, 3.8) is 0 Å². The maximum absolute atomic E-state index is 13.3. The molecule has 0 radical (unpaired) electrons. The van der Waals surface area contributed by atoms with Gasteiger partial charge in [-0.15, -0.1) is 0 Å². The van der Waals surface area contributed by atoms with Crippen LogP contribution >= 0.6 is 0 Å². The third-order valence-corrected chi connectivity index (χ3v) is 5.12. The van der Waals surface area contributed by atoms with Crippen LogP contribution in [0, 0.1) is 0 Å². The van der Waals surface area contributed by atoms with Gasteiger partial charge in [0.1, 0.15) is 11.5 Å². The van der Waals surface area contributed by atoms with E-state index >= 15 is 0 Å². The first kappa shape index (κ1) is 20.5. The van der Waals surface area contributed by atoms with Gasteiger partial charge >= 0.3 is 0 Å². The summed E-state index contributed by atoms with van der Waals surface area (Å²) in [6.45, 7) is 2.90. The summed E-state index contributed by atoms with van der Waals surface area (Å²) in [7, 11) is 1.61. The fourth-order valence-electron chi connectivity index (χ4n) is 3.32. The maximum Gasteiger partial charge on any atom is 0.276 e. The van der Waals surface area contributed by atoms with Gasteiger partial charge in [-0.1, -0.05) is 36.3 Å². The van der Waals surface area contributed by atoms with Gasteiger partial charge in [0.15, 0.2) is 11.5 Å². The Balaban J connectivity index is 1.56. The predicted octanol–water partition coefficient (Wildman–Crippen LogP) is 5.35. The number of aromatic nitrogens is 1. The fraction of sp³-hybridized carbons (Fsp3) is 0.200. The van der Waals surface area contributed by atoms with Crippen LogP contribution in [0.4, 0.5) is 0 Å². The van der Waals surface area contributed by atoms with Crippen molar-refractivity contribution >= 4 is 5.91 Å². The van der Waals surface area contributed by atoms with Gasteiger partial charge in [-0.3, -0.25) is 4.79 Å². The third kappa shape index (κ3) is 4.86. The number of hydrogen-bond acceptors (Lipinski definition) is 5. The van der Waals surface area contributed by atoms with Gasteiger partial charge in [0.2, 0.25) is 0 Å². The van der Waals surface area contributed by atoms with Crippen molar-refractivity contribution in [2.24, 2.45) is 0 Å². The summed E-state index contributed by atoms with van der Waals surface area (Å²) in [6.07, 6.45) is 2.58. The molecule has 0 saturated heterocycles. The molecule has 0 aliphatic heterocycles. The topological polar surface area (TPSA) is 68.7 Å². The molecule has 1 amide bonds. The zero-order valence-corrected chi connectivity index (χ0v) is 17.6. The molecular formula is C25H24N2O4. The lowest BCUT2D eigenvalue weighted by molar-refractivity contribution is 0.0707. The molecule has 6 heteroatoms. The average Bonchev–Trinajstić information content (AvgIpc) is 3.51. The van der Waals surface area contributed by atoms with E-state index in [0.717, 1.165) is 23.3 Å². The molecule has 0 N–H and O–H groups in total. The van der Waals surface area contributed by atoms with Crippen LogP contribution in [0.3, 0.4) is 0 Å². The molecule has 0 aliphatic rings. The predicted molar refractivity (Wildman–Crippen MR) is 117 cm³/mol. The lowest BCUT2D eigenvalue weighted by atomic mass is 10.1. The molecule has 4 rings (SSSR count). The van der Waals surface area contributed by atoms with E-state index in [1.165, 1.54) is 5.56 Å². The summed E-state index contributed by atoms with van der Waals surface area (Å²) in [5, 5.41) is 4.03. The zero-order valence-electron chi connectivity index (χ0n) is 17.6. The van der Waals surface area contributed by atoms with Crippen LogP contribution in [0.25, 0.3) is 11.3 Å². The molecule has 0 fully saturated rings. The highest BCUT2D eigenvalue weighted by molar-refractivity contribution is 5.93. The molecule has 2 aromatic carbocycles. The van der Waals surface area contributed by atoms with Crippen molar-refractivity contribution in [2.75, 3.05) is 7.11 Å². The van der Waals surface area contributed by atoms with E-state index in [9.17, 15) is 4.79 Å². The average molecular weight is 416 g/mol. The number of nitrogens with zero attached hydrogens (tertiary/aromatic N) is 2. The molecule has 0 spiro atoms. The fourth-order valence-corrected chi connectivity index (χ4v) is 3.32. The Kier molecular flexibility index (Phi) is 6.17. The van der Waals surface area contributed by atoms with Crippen molar-refractivity contribution in [3.8, 4) is 17.1 Å². The van der Waals surface area contributed by atoms with Gasteiger partial charge in [0.25, 0.3) is 5.91 Å². The molecule has 0 bridgehead atoms. The van der Waals surface area contributed by atoms with Crippen LogP contribution in [0.1, 0.15) is 34.3 Å². The zero-order chi connectivity index (χ0) is 21.6. The molecule has 0 saturated carbocycles. The summed E-state index contributed by atoms with van der Waals surface area (Å²) in [5.41, 5.74) is 3.37. The monoisotopic (exact) mass is 416 g/mol. The third-order valence-electron chi connectivity index (χ3n) is 5.12. The van der Waals surface area contributed by atoms with E-state index in [1.807, 2.05) is 48.5 Å². The van der Waals surface area contributed by atoms with Gasteiger partial charge in [0.05, 0.1) is 19.9 Å². The normalized spacial score (nSPS) is 10.8. The van der Waals surface area contributed by atoms with Crippen LogP contribution in [-0.4, -0.2) is 23.1 Å². The molecule has 6 nitrogen and oxygen atoms in total. The maximum atomic E-state index is 13.3. The van der Waals surface area contributed by atoms with Crippen molar-refractivity contribution in [2.45, 2.75) is 26.4 Å². The summed E-state index contributed by atoms with van der Waals surface area (Å²) >= 11 is 0. The number of carbonyl (C=O) groups excluding carboxylic acids is 1. The van der Waals surface area contributed by atoms with Gasteiger partial charge < -0.3 is 18.6 Å². The van der Waals surface area contributed by atoms with E-state index in [1.54, 1.807) is 24.3 Å². The molecule has 0 aliphatic carbocycles. The van der Waals surface area contributed by atoms with E-state index in [0.29, 0.717) is 24.6 Å². The van der Waals surface area contributed by atoms with E-state index < -0.39 is 0 Å². The highest BCUT2D eigenvalue weighted by atomic mass is 16.5. The Bertz CT molecular complexity index is 1110. The molecule has 2 heterocycles. The Morgan fingerprint density at radius 3 is 2.39 bits per heavy atom. The number of aryl methyl sites for hydroxylation is 1. The first-order valence-electron chi connectivity index (χ1n) is 10.2. The summed E-state index contributed by atoms with van der Waals surface area (Å²) in [6, 6.07) is 21.0. The molecule has 158 valence electrons. The first-order chi connectivity index (χ1) is 15.2. The minimum absolute atomic E-state index is 0.223. The second-order valence-electron chi connectivity index (χ2n) is 7.22. The van der Waals surface area contributed by atoms with Crippen LogP contribution < -0.4 is 4.74 Å². The highest BCUT2D eigenvalue weighted by Gasteiger charge is 2.22. The molecule has 2 aromatic heterocycles. The number of furan rings is 1. The second kappa shape index (κ2) is 9.34. The SMILES string of the molecule is CCc1ccc(CN(Cc2ccco2)C(=O)c2cc(-c3ccc(OC)cc3)on2)cc1. The number of methoxy groups -OCH3 is 1. The number of hydrogen-bond donors (Lipinski definition) is 0. The molecule has 31 heavy (non-hydrogen) atoms. The van der Waals surface area contributed by atoms with Crippen molar-refractivity contribution in [1.82, 2.24) is 10.1 Å². The highest BCUT2D eigenvalue weighted by Crippen LogP contribution is 2.24. The van der Waals surface area contributed by atoms with E-state index in [-0.39, 0.29) is 11.6 Å². The summed E-state index contributed by atoms with van der Waals surface area (Å²) in [5.74, 6) is 1.76. The minimum Gasteiger partial charge on any atom is -0.497 e. The number of benzene rings is 2. The van der Waals surface area contributed by atoms with Gasteiger partial charge in [0, 0.05) is 18.2 Å². The molecular weight excluding hydrogens is 392 g/mol. The van der Waals surface area contributed by atoms with Crippen LogP contribution in [-0.2, 0) is 19.5 Å². The van der Waals surface area contributed by atoms with Crippen molar-refractivity contribution in [1.29, 1.82) is 0 Å². The summed E-state index contributed by atoms with van der Waals surface area (Å²) < 4.78 is 16.1. The Hall–Kier alpha value is -3.80. The number of amides is 1. The minimum atomic E-state index is -0.223. The number of ether oxygens (including phenoxy) is 1. The Labute approximate surface area is 181 Å². The van der Waals surface area contributed by atoms with Crippen molar-refractivity contribution < 1.29 is 18.5 Å². The Morgan fingerprint density at radius 2 is 1.74 bits per heavy atom. The van der Waals surface area contributed by atoms with E-state index in [4.69, 9.17) is 13.7 Å². The van der Waals surface area contributed by atoms with Crippen molar-refractivity contribution in [3.05, 3.63) is 95.6 Å². The standard InChI is InChI=1S/C25H24N2O4/c1-3-18-6-8-19(9-7-18)16-27(17-22-5-4-14-30-22)25(28)23-15-24(31-26-23)20-10-12-21(29-2)13-11-20/h4-15H,3,16-17H2,1-2H3.